The molecule has 12 atom stereocenters. The summed E-state index contributed by atoms with van der Waals surface area (Å²) >= 11 is 0. The number of ether oxygens (including phenoxy) is 6. The maximum atomic E-state index is 14.3. The number of hydrogen-bond acceptors (Lipinski definition) is 14. The number of methoxy groups -OCH3 is 2. The molecule has 4 aliphatic heterocycles. The number of amides is 4. The molecule has 4 amide bonds. The number of likely N-dealkylation sites (tertiary alicyclic amines) is 4. The Morgan fingerprint density at radius 3 is 1.21 bits per heavy atom. The maximum absolute atomic E-state index is 14.3. The summed E-state index contributed by atoms with van der Waals surface area (Å²) in [6.07, 6.45) is 5.68. The minimum atomic E-state index is -2.13. The largest absolute Gasteiger partial charge is 0.497 e. The van der Waals surface area contributed by atoms with E-state index in [1.807, 2.05) is 99.9 Å². The van der Waals surface area contributed by atoms with Crippen LogP contribution in [0.1, 0.15) is 146 Å². The molecule has 2 aromatic carbocycles. The third-order valence-corrected chi connectivity index (χ3v) is 30.5. The summed E-state index contributed by atoms with van der Waals surface area (Å²) in [5, 5.41) is 23.8. The fraction of sp³-hybridized carbons (Fsp3) is 0.722. The zero-order chi connectivity index (χ0) is 68.2. The van der Waals surface area contributed by atoms with E-state index in [4.69, 9.17) is 37.3 Å². The number of nitrogens with zero attached hydrogens (tertiary/aromatic N) is 4. The van der Waals surface area contributed by atoms with Gasteiger partial charge in [-0.05, 0) is 165 Å². The number of carbonyl (C=O) groups is 4. The summed E-state index contributed by atoms with van der Waals surface area (Å²) in [5.74, 6) is 0.828. The summed E-state index contributed by atoms with van der Waals surface area (Å²) < 4.78 is 47.8. The van der Waals surface area contributed by atoms with Gasteiger partial charge in [-0.1, -0.05) is 78.0 Å². The summed E-state index contributed by atoms with van der Waals surface area (Å²) in [5.41, 5.74) is -1.22. The van der Waals surface area contributed by atoms with E-state index in [-0.39, 0.29) is 57.4 Å². The molecular weight excluding hydrogens is 1200 g/mol. The van der Waals surface area contributed by atoms with Gasteiger partial charge in [-0.25, -0.2) is 9.59 Å². The lowest BCUT2D eigenvalue weighted by Gasteiger charge is -2.60. The topological polar surface area (TPSA) is 196 Å². The lowest BCUT2D eigenvalue weighted by molar-refractivity contribution is -0.148. The molecule has 18 nitrogen and oxygen atoms in total. The number of benzene rings is 2. The standard InChI is InChI=1S/2C36H58N2O7Si/c2*1-11-30(39)36-29-18-20-37(33(41)45-34(2,3)4)31(36)26(24-44-46(9,10)35(5,6)7)22-28(29)32(40)38(36)19-12-13-21-43-23-25-14-16-27(42-8)17-15-25/h2*11,14-17,26,28-31,39H,1,12-13,18-24H2,2-10H3/t26-,28?,29+,30+,31+,36-;26-,28?,29+,30-,31+,36-/m00/s1. The Kier molecular flexibility index (Phi) is 24.1. The van der Waals surface area contributed by atoms with Crippen molar-refractivity contribution in [2.24, 2.45) is 35.5 Å². The molecule has 2 aromatic rings. The van der Waals surface area contributed by atoms with Gasteiger partial charge < -0.3 is 67.1 Å². The van der Waals surface area contributed by atoms with Crippen LogP contribution in [0.2, 0.25) is 36.3 Å². The Hall–Kier alpha value is -4.81. The van der Waals surface area contributed by atoms with Crippen molar-refractivity contribution in [1.29, 1.82) is 0 Å². The first-order valence-corrected chi connectivity index (χ1v) is 39.7. The van der Waals surface area contributed by atoms with Crippen molar-refractivity contribution >= 4 is 40.6 Å². The molecule has 4 heterocycles. The first-order valence-electron chi connectivity index (χ1n) is 33.9. The van der Waals surface area contributed by atoms with E-state index < -0.39 is 75.4 Å². The molecule has 20 heteroatoms. The molecule has 6 aliphatic rings. The highest BCUT2D eigenvalue weighted by atomic mass is 28.4. The number of aliphatic hydroxyl groups excluding tert-OH is 2. The van der Waals surface area contributed by atoms with E-state index in [1.165, 1.54) is 0 Å². The van der Waals surface area contributed by atoms with Crippen LogP contribution < -0.4 is 9.47 Å². The minimum Gasteiger partial charge on any atom is -0.497 e. The van der Waals surface area contributed by atoms with E-state index in [0.29, 0.717) is 104 Å². The number of unbranched alkanes of at least 4 members (excludes halogenated alkanes) is 2. The molecule has 0 aromatic heterocycles. The quantitative estimate of drug-likeness (QED) is 0.0513. The summed E-state index contributed by atoms with van der Waals surface area (Å²) in [6, 6.07) is 14.7. The number of carbonyl (C=O) groups excluding carboxylic acids is 4. The average molecular weight is 1320 g/mol. The Morgan fingerprint density at radius 2 is 0.913 bits per heavy atom. The van der Waals surface area contributed by atoms with Gasteiger partial charge in [-0.15, -0.1) is 13.2 Å². The first-order chi connectivity index (χ1) is 42.9. The van der Waals surface area contributed by atoms with Crippen molar-refractivity contribution in [2.45, 2.75) is 231 Å². The highest BCUT2D eigenvalue weighted by molar-refractivity contribution is 6.74. The van der Waals surface area contributed by atoms with Crippen molar-refractivity contribution in [3.63, 3.8) is 0 Å². The number of hydrogen-bond donors (Lipinski definition) is 2. The Balaban J connectivity index is 0.000000261. The minimum absolute atomic E-state index is 0.0101. The van der Waals surface area contributed by atoms with E-state index in [2.05, 4.69) is 80.9 Å². The van der Waals surface area contributed by atoms with Crippen LogP contribution in [-0.4, -0.2) is 184 Å². The van der Waals surface area contributed by atoms with Crippen molar-refractivity contribution in [1.82, 2.24) is 19.6 Å². The Morgan fingerprint density at radius 1 is 0.576 bits per heavy atom. The van der Waals surface area contributed by atoms with E-state index in [9.17, 15) is 29.4 Å². The lowest BCUT2D eigenvalue weighted by Crippen LogP contribution is -2.75. The Labute approximate surface area is 553 Å². The molecule has 4 saturated heterocycles. The number of rotatable bonds is 26. The van der Waals surface area contributed by atoms with Crippen molar-refractivity contribution in [3.05, 3.63) is 85.0 Å². The number of aliphatic hydroxyl groups is 2. The van der Waals surface area contributed by atoms with Gasteiger partial charge in [0.25, 0.3) is 0 Å². The summed E-state index contributed by atoms with van der Waals surface area (Å²) in [4.78, 5) is 63.7. The van der Waals surface area contributed by atoms with Gasteiger partial charge in [-0.3, -0.25) is 9.59 Å². The molecule has 8 bridgehead atoms. The second-order valence-corrected chi connectivity index (χ2v) is 41.3. The average Bonchev–Trinajstić information content (AvgIpc) is 1.50. The van der Waals surface area contributed by atoms with Crippen LogP contribution in [-0.2, 0) is 50.6 Å². The van der Waals surface area contributed by atoms with Gasteiger partial charge in [0.15, 0.2) is 16.6 Å². The molecule has 0 radical (unpaired) electrons. The predicted molar refractivity (Wildman–Crippen MR) is 364 cm³/mol. The molecule has 8 rings (SSSR count). The Bertz CT molecular complexity index is 2640. The van der Waals surface area contributed by atoms with Gasteiger partial charge in [0, 0.05) is 88.1 Å². The molecule has 6 fully saturated rings. The lowest BCUT2D eigenvalue weighted by atomic mass is 9.57. The van der Waals surface area contributed by atoms with Gasteiger partial charge >= 0.3 is 12.2 Å². The summed E-state index contributed by atoms with van der Waals surface area (Å²) in [7, 11) is -0.975. The van der Waals surface area contributed by atoms with E-state index in [0.717, 1.165) is 35.5 Å². The van der Waals surface area contributed by atoms with Crippen LogP contribution in [0.25, 0.3) is 0 Å². The molecule has 516 valence electrons. The van der Waals surface area contributed by atoms with Crippen LogP contribution in [0.15, 0.2) is 73.8 Å². The van der Waals surface area contributed by atoms with Crippen LogP contribution in [0.4, 0.5) is 9.59 Å². The molecule has 2 saturated carbocycles. The fourth-order valence-corrected chi connectivity index (χ4v) is 17.3. The molecule has 92 heavy (non-hydrogen) atoms. The SMILES string of the molecule is C=C[C@@H](O)[C@@]12[C@@H]3CCN(C(=O)OC(C)(C)C)[C@@H]1[C@H](CO[Si](C)(C)C(C)(C)C)CC3C(=O)N2CCCCOCc1ccc(OC)cc1.C=C[C@H](O)[C@@]12[C@@H]3CCN(C(=O)OC(C)(C)C)[C@@H]1[C@H](CO[Si](C)(C)C(C)(C)C)CC3C(=O)N2CCCCOCc1ccc(OC)cc1. The van der Waals surface area contributed by atoms with Crippen LogP contribution >= 0.6 is 0 Å². The molecule has 2 aliphatic carbocycles. The fourth-order valence-electron chi connectivity index (χ4n) is 15.1. The third-order valence-electron chi connectivity index (χ3n) is 21.5. The number of piperidine rings is 2. The van der Waals surface area contributed by atoms with Gasteiger partial charge in [0.2, 0.25) is 11.8 Å². The highest BCUT2D eigenvalue weighted by Gasteiger charge is 2.74. The zero-order valence-corrected chi connectivity index (χ0v) is 61.3. The third kappa shape index (κ3) is 15.9. The molecular formula is C72H116N4O14Si2. The van der Waals surface area contributed by atoms with Crippen molar-refractivity contribution in [3.8, 4) is 11.5 Å². The van der Waals surface area contributed by atoms with Crippen molar-refractivity contribution < 1.29 is 66.7 Å². The molecule has 2 N–H and O–H groups in total. The smallest absolute Gasteiger partial charge is 0.410 e. The second kappa shape index (κ2) is 29.7. The second-order valence-electron chi connectivity index (χ2n) is 31.7. The predicted octanol–water partition coefficient (Wildman–Crippen LogP) is 12.8. The van der Waals surface area contributed by atoms with Crippen molar-refractivity contribution in [2.75, 3.05) is 66.8 Å². The van der Waals surface area contributed by atoms with Gasteiger partial charge in [0.1, 0.15) is 22.7 Å². The normalized spacial score (nSPS) is 27.0. The molecule has 2 unspecified atom stereocenters. The molecule has 0 spiro atoms. The van der Waals surface area contributed by atoms with E-state index >= 15 is 0 Å². The summed E-state index contributed by atoms with van der Waals surface area (Å²) in [6.45, 7) is 46.2. The first kappa shape index (κ1) is 74.6. The van der Waals surface area contributed by atoms with Crippen LogP contribution in [0, 0.1) is 35.5 Å². The van der Waals surface area contributed by atoms with E-state index in [1.54, 1.807) is 36.2 Å². The van der Waals surface area contributed by atoms with Gasteiger partial charge in [0.05, 0.1) is 62.8 Å². The van der Waals surface area contributed by atoms with Crippen LogP contribution in [0.3, 0.4) is 0 Å². The zero-order valence-electron chi connectivity index (χ0n) is 59.3. The monoisotopic (exact) mass is 1320 g/mol. The van der Waals surface area contributed by atoms with Crippen LogP contribution in [0.5, 0.6) is 11.5 Å². The maximum Gasteiger partial charge on any atom is 0.410 e. The van der Waals surface area contributed by atoms with Gasteiger partial charge in [-0.2, -0.15) is 0 Å². The highest BCUT2D eigenvalue weighted by Crippen LogP contribution is 2.61.